The highest BCUT2D eigenvalue weighted by Gasteiger charge is 2.34. The molecule has 3 nitrogen and oxygen atoms in total. The second kappa shape index (κ2) is 2.88. The summed E-state index contributed by atoms with van der Waals surface area (Å²) in [5.41, 5.74) is 0. The zero-order valence-corrected chi connectivity index (χ0v) is 7.08. The Kier molecular flexibility index (Phi) is 1.87. The van der Waals surface area contributed by atoms with Gasteiger partial charge in [0.1, 0.15) is 5.78 Å². The molecule has 12 heavy (non-hydrogen) atoms. The lowest BCUT2D eigenvalue weighted by molar-refractivity contribution is -0.135. The van der Waals surface area contributed by atoms with Gasteiger partial charge >= 0.3 is 0 Å². The molecule has 1 amide bonds. The summed E-state index contributed by atoms with van der Waals surface area (Å²) < 4.78 is 0. The number of amides is 1. The summed E-state index contributed by atoms with van der Waals surface area (Å²) in [6.45, 7) is 1.32. The maximum Gasteiger partial charge on any atom is 0.225 e. The van der Waals surface area contributed by atoms with E-state index < -0.39 is 0 Å². The highest BCUT2D eigenvalue weighted by atomic mass is 16.2. The van der Waals surface area contributed by atoms with Gasteiger partial charge in [0.05, 0.1) is 0 Å². The lowest BCUT2D eigenvalue weighted by atomic mass is 10.1. The molecule has 1 aliphatic carbocycles. The third-order valence-corrected chi connectivity index (χ3v) is 2.56. The van der Waals surface area contributed by atoms with Crippen molar-refractivity contribution in [2.75, 3.05) is 13.1 Å². The molecule has 1 aliphatic heterocycles. The van der Waals surface area contributed by atoms with Crippen molar-refractivity contribution in [1.82, 2.24) is 4.90 Å². The van der Waals surface area contributed by atoms with Crippen LogP contribution in [0, 0.1) is 5.92 Å². The second-order valence-electron chi connectivity index (χ2n) is 3.64. The van der Waals surface area contributed by atoms with Crippen LogP contribution in [0.15, 0.2) is 0 Å². The largest absolute Gasteiger partial charge is 0.342 e. The van der Waals surface area contributed by atoms with Gasteiger partial charge in [-0.05, 0) is 12.8 Å². The van der Waals surface area contributed by atoms with Crippen LogP contribution < -0.4 is 0 Å². The maximum atomic E-state index is 11.5. The number of carbonyl (C=O) groups is 2. The van der Waals surface area contributed by atoms with Crippen molar-refractivity contribution in [2.24, 2.45) is 5.92 Å². The van der Waals surface area contributed by atoms with E-state index in [1.165, 1.54) is 0 Å². The number of rotatable bonds is 1. The highest BCUT2D eigenvalue weighted by molar-refractivity contribution is 5.85. The fourth-order valence-electron chi connectivity index (χ4n) is 1.56. The van der Waals surface area contributed by atoms with E-state index in [1.807, 2.05) is 4.90 Å². The molecule has 1 heterocycles. The minimum atomic E-state index is 0.280. The Morgan fingerprint density at radius 1 is 1.25 bits per heavy atom. The first-order chi connectivity index (χ1) is 5.77. The summed E-state index contributed by atoms with van der Waals surface area (Å²) in [6.07, 6.45) is 3.25. The third kappa shape index (κ3) is 1.49. The van der Waals surface area contributed by atoms with E-state index in [-0.39, 0.29) is 5.91 Å². The Labute approximate surface area is 71.7 Å². The van der Waals surface area contributed by atoms with E-state index in [9.17, 15) is 9.59 Å². The number of likely N-dealkylation sites (tertiary alicyclic amines) is 1. The molecule has 0 aromatic heterocycles. The molecule has 1 saturated heterocycles. The molecule has 0 unspecified atom stereocenters. The molecule has 0 radical (unpaired) electrons. The van der Waals surface area contributed by atoms with Crippen LogP contribution in [0.5, 0.6) is 0 Å². The topological polar surface area (TPSA) is 37.4 Å². The Hall–Kier alpha value is -0.860. The monoisotopic (exact) mass is 167 g/mol. The van der Waals surface area contributed by atoms with Crippen LogP contribution in [0.1, 0.15) is 25.7 Å². The van der Waals surface area contributed by atoms with Gasteiger partial charge in [0.25, 0.3) is 0 Å². The number of Topliss-reactive ketones (excluding diaryl/α,β-unsaturated/α-hetero) is 1. The Morgan fingerprint density at radius 2 is 1.83 bits per heavy atom. The summed E-state index contributed by atoms with van der Waals surface area (Å²) in [6, 6.07) is 0. The SMILES string of the molecule is O=C1CCN(C(=O)C2CC2)CC1. The summed E-state index contributed by atoms with van der Waals surface area (Å²) >= 11 is 0. The van der Waals surface area contributed by atoms with E-state index in [0.29, 0.717) is 37.6 Å². The van der Waals surface area contributed by atoms with Gasteiger partial charge in [-0.2, -0.15) is 0 Å². The van der Waals surface area contributed by atoms with E-state index in [2.05, 4.69) is 0 Å². The Bertz CT molecular complexity index is 211. The van der Waals surface area contributed by atoms with E-state index in [0.717, 1.165) is 12.8 Å². The van der Waals surface area contributed by atoms with Gasteiger partial charge in [0, 0.05) is 31.8 Å². The molecule has 1 saturated carbocycles. The van der Waals surface area contributed by atoms with Crippen LogP contribution in [0.3, 0.4) is 0 Å². The second-order valence-corrected chi connectivity index (χ2v) is 3.64. The van der Waals surface area contributed by atoms with Crippen LogP contribution in [-0.4, -0.2) is 29.7 Å². The normalized spacial score (nSPS) is 24.3. The van der Waals surface area contributed by atoms with Crippen molar-refractivity contribution < 1.29 is 9.59 Å². The first-order valence-corrected chi connectivity index (χ1v) is 4.58. The lowest BCUT2D eigenvalue weighted by Crippen LogP contribution is -2.39. The summed E-state index contributed by atoms with van der Waals surface area (Å²) in [7, 11) is 0. The zero-order chi connectivity index (χ0) is 8.55. The third-order valence-electron chi connectivity index (χ3n) is 2.56. The number of nitrogens with zero attached hydrogens (tertiary/aromatic N) is 1. The molecule has 0 atom stereocenters. The molecule has 0 N–H and O–H groups in total. The van der Waals surface area contributed by atoms with E-state index in [4.69, 9.17) is 0 Å². The fourth-order valence-corrected chi connectivity index (χ4v) is 1.56. The van der Waals surface area contributed by atoms with Crippen molar-refractivity contribution >= 4 is 11.7 Å². The molecule has 2 fully saturated rings. The van der Waals surface area contributed by atoms with Crippen LogP contribution in [-0.2, 0) is 9.59 Å². The van der Waals surface area contributed by atoms with Gasteiger partial charge in [-0.25, -0.2) is 0 Å². The molecule has 0 aromatic carbocycles. The number of carbonyl (C=O) groups excluding carboxylic acids is 2. The molecule has 2 aliphatic rings. The first kappa shape index (κ1) is 7.77. The van der Waals surface area contributed by atoms with Gasteiger partial charge < -0.3 is 4.90 Å². The molecular formula is C9H13NO2. The average molecular weight is 167 g/mol. The highest BCUT2D eigenvalue weighted by Crippen LogP contribution is 2.31. The number of ketones is 1. The predicted octanol–water partition coefficient (Wildman–Crippen LogP) is 0.588. The molecule has 0 spiro atoms. The van der Waals surface area contributed by atoms with Gasteiger partial charge in [-0.15, -0.1) is 0 Å². The van der Waals surface area contributed by atoms with Crippen LogP contribution in [0.4, 0.5) is 0 Å². The molecular weight excluding hydrogens is 154 g/mol. The summed E-state index contributed by atoms with van der Waals surface area (Å²) in [4.78, 5) is 24.2. The quantitative estimate of drug-likeness (QED) is 0.573. The van der Waals surface area contributed by atoms with E-state index >= 15 is 0 Å². The van der Waals surface area contributed by atoms with Crippen molar-refractivity contribution in [3.8, 4) is 0 Å². The first-order valence-electron chi connectivity index (χ1n) is 4.58. The summed E-state index contributed by atoms with van der Waals surface area (Å²) in [5, 5.41) is 0. The standard InChI is InChI=1S/C9H13NO2/c11-8-3-5-10(6-4-8)9(12)7-1-2-7/h7H,1-6H2. The summed E-state index contributed by atoms with van der Waals surface area (Å²) in [5.74, 6) is 0.885. The van der Waals surface area contributed by atoms with Crippen molar-refractivity contribution in [2.45, 2.75) is 25.7 Å². The minimum absolute atomic E-state index is 0.280. The van der Waals surface area contributed by atoms with Gasteiger partial charge in [-0.1, -0.05) is 0 Å². The smallest absolute Gasteiger partial charge is 0.225 e. The molecule has 66 valence electrons. The number of piperidine rings is 1. The van der Waals surface area contributed by atoms with Crippen LogP contribution in [0.25, 0.3) is 0 Å². The molecule has 0 aromatic rings. The van der Waals surface area contributed by atoms with E-state index in [1.54, 1.807) is 0 Å². The fraction of sp³-hybridized carbons (Fsp3) is 0.778. The van der Waals surface area contributed by atoms with Crippen LogP contribution in [0.2, 0.25) is 0 Å². The van der Waals surface area contributed by atoms with Gasteiger partial charge in [0.15, 0.2) is 0 Å². The molecule has 0 bridgehead atoms. The Morgan fingerprint density at radius 3 is 2.33 bits per heavy atom. The van der Waals surface area contributed by atoms with Crippen molar-refractivity contribution in [3.05, 3.63) is 0 Å². The Balaban J connectivity index is 1.88. The van der Waals surface area contributed by atoms with Crippen molar-refractivity contribution in [1.29, 1.82) is 0 Å². The number of hydrogen-bond donors (Lipinski definition) is 0. The van der Waals surface area contributed by atoms with Gasteiger partial charge in [0.2, 0.25) is 5.91 Å². The maximum absolute atomic E-state index is 11.5. The van der Waals surface area contributed by atoms with Crippen molar-refractivity contribution in [3.63, 3.8) is 0 Å². The van der Waals surface area contributed by atoms with Gasteiger partial charge in [-0.3, -0.25) is 9.59 Å². The van der Waals surface area contributed by atoms with Crippen LogP contribution >= 0.6 is 0 Å². The lowest BCUT2D eigenvalue weighted by Gasteiger charge is -2.25. The average Bonchev–Trinajstić information content (AvgIpc) is 2.87. The number of hydrogen-bond acceptors (Lipinski definition) is 2. The molecule has 2 rings (SSSR count). The zero-order valence-electron chi connectivity index (χ0n) is 7.08. The predicted molar refractivity (Wildman–Crippen MR) is 43.5 cm³/mol. The molecule has 3 heteroatoms. The minimum Gasteiger partial charge on any atom is -0.342 e.